The standard InChI is InChI=1S/C16H16BrF2N/c1-3-20-16(11-5-4-6-12(17)9-11)13-8-7-10(2)14(18)15(13)19/h4-9,16,20H,3H2,1-2H3. The fourth-order valence-corrected chi connectivity index (χ4v) is 2.60. The van der Waals surface area contributed by atoms with Gasteiger partial charge in [0.05, 0.1) is 6.04 Å². The molecule has 0 fully saturated rings. The molecule has 0 heterocycles. The number of nitrogens with one attached hydrogen (secondary N) is 1. The Hall–Kier alpha value is -1.26. The van der Waals surface area contributed by atoms with Crippen molar-refractivity contribution in [2.24, 2.45) is 0 Å². The molecule has 0 aliphatic rings. The molecule has 1 nitrogen and oxygen atoms in total. The van der Waals surface area contributed by atoms with Crippen LogP contribution in [-0.2, 0) is 0 Å². The summed E-state index contributed by atoms with van der Waals surface area (Å²) in [5.74, 6) is -1.56. The smallest absolute Gasteiger partial charge is 0.164 e. The van der Waals surface area contributed by atoms with E-state index in [1.165, 1.54) is 0 Å². The summed E-state index contributed by atoms with van der Waals surface area (Å²) in [4.78, 5) is 0. The zero-order chi connectivity index (χ0) is 14.7. The van der Waals surface area contributed by atoms with E-state index in [1.54, 1.807) is 19.1 Å². The first-order valence-corrected chi connectivity index (χ1v) is 7.27. The van der Waals surface area contributed by atoms with E-state index in [-0.39, 0.29) is 6.04 Å². The van der Waals surface area contributed by atoms with Gasteiger partial charge in [0, 0.05) is 10.0 Å². The Balaban J connectivity index is 2.51. The monoisotopic (exact) mass is 339 g/mol. The van der Waals surface area contributed by atoms with Gasteiger partial charge < -0.3 is 5.32 Å². The predicted octanol–water partition coefficient (Wildman–Crippen LogP) is 4.73. The van der Waals surface area contributed by atoms with Crippen molar-refractivity contribution in [2.75, 3.05) is 6.54 Å². The van der Waals surface area contributed by atoms with E-state index >= 15 is 0 Å². The molecule has 0 aromatic heterocycles. The lowest BCUT2D eigenvalue weighted by atomic mass is 9.97. The molecule has 0 aliphatic heterocycles. The lowest BCUT2D eigenvalue weighted by Crippen LogP contribution is -2.23. The maximum Gasteiger partial charge on any atom is 0.164 e. The fraction of sp³-hybridized carbons (Fsp3) is 0.250. The molecule has 0 radical (unpaired) electrons. The van der Waals surface area contributed by atoms with Crippen molar-refractivity contribution in [3.8, 4) is 0 Å². The Labute approximate surface area is 126 Å². The van der Waals surface area contributed by atoms with Crippen LogP contribution in [-0.4, -0.2) is 6.54 Å². The van der Waals surface area contributed by atoms with Crippen molar-refractivity contribution in [3.63, 3.8) is 0 Å². The molecular formula is C16H16BrF2N. The normalized spacial score (nSPS) is 12.4. The number of aryl methyl sites for hydroxylation is 1. The Morgan fingerprint density at radius 3 is 2.55 bits per heavy atom. The topological polar surface area (TPSA) is 12.0 Å². The molecule has 4 heteroatoms. The minimum absolute atomic E-state index is 0.316. The predicted molar refractivity (Wildman–Crippen MR) is 80.8 cm³/mol. The van der Waals surface area contributed by atoms with Crippen molar-refractivity contribution in [1.29, 1.82) is 0 Å². The molecule has 0 saturated heterocycles. The first kappa shape index (κ1) is 15.1. The molecule has 0 aliphatic carbocycles. The molecule has 2 rings (SSSR count). The Morgan fingerprint density at radius 2 is 1.90 bits per heavy atom. The number of benzene rings is 2. The van der Waals surface area contributed by atoms with Gasteiger partial charge in [-0.2, -0.15) is 0 Å². The molecule has 0 amide bonds. The maximum atomic E-state index is 14.2. The van der Waals surface area contributed by atoms with Crippen LogP contribution in [0.2, 0.25) is 0 Å². The van der Waals surface area contributed by atoms with Crippen LogP contribution in [0.25, 0.3) is 0 Å². The van der Waals surface area contributed by atoms with Gasteiger partial charge >= 0.3 is 0 Å². The molecule has 1 N–H and O–H groups in total. The molecule has 1 atom stereocenters. The van der Waals surface area contributed by atoms with Gasteiger partial charge in [-0.05, 0) is 36.7 Å². The number of rotatable bonds is 4. The first-order valence-electron chi connectivity index (χ1n) is 6.48. The van der Waals surface area contributed by atoms with Crippen molar-refractivity contribution >= 4 is 15.9 Å². The van der Waals surface area contributed by atoms with Gasteiger partial charge in [0.15, 0.2) is 11.6 Å². The number of halogens is 3. The van der Waals surface area contributed by atoms with E-state index in [0.717, 1.165) is 10.0 Å². The van der Waals surface area contributed by atoms with Crippen molar-refractivity contribution in [3.05, 3.63) is 69.2 Å². The first-order chi connectivity index (χ1) is 9.54. The van der Waals surface area contributed by atoms with Crippen LogP contribution in [0.15, 0.2) is 40.9 Å². The largest absolute Gasteiger partial charge is 0.306 e. The van der Waals surface area contributed by atoms with E-state index in [0.29, 0.717) is 17.7 Å². The van der Waals surface area contributed by atoms with E-state index in [9.17, 15) is 8.78 Å². The summed E-state index contributed by atoms with van der Waals surface area (Å²) in [6, 6.07) is 10.5. The summed E-state index contributed by atoms with van der Waals surface area (Å²) in [5.41, 5.74) is 1.53. The van der Waals surface area contributed by atoms with Gasteiger partial charge in [-0.15, -0.1) is 0 Å². The second kappa shape index (κ2) is 6.46. The number of hydrogen-bond donors (Lipinski definition) is 1. The molecule has 0 bridgehead atoms. The summed E-state index contributed by atoms with van der Waals surface area (Å²) < 4.78 is 28.9. The van der Waals surface area contributed by atoms with E-state index in [2.05, 4.69) is 21.2 Å². The third-order valence-electron chi connectivity index (χ3n) is 3.21. The van der Waals surface area contributed by atoms with Crippen molar-refractivity contribution in [2.45, 2.75) is 19.9 Å². The average molecular weight is 340 g/mol. The minimum Gasteiger partial charge on any atom is -0.306 e. The van der Waals surface area contributed by atoms with Gasteiger partial charge in [0.2, 0.25) is 0 Å². The fourth-order valence-electron chi connectivity index (χ4n) is 2.18. The van der Waals surface area contributed by atoms with Crippen LogP contribution >= 0.6 is 15.9 Å². The Kier molecular flexibility index (Phi) is 4.89. The molecule has 2 aromatic rings. The minimum atomic E-state index is -0.782. The highest BCUT2D eigenvalue weighted by Crippen LogP contribution is 2.28. The van der Waals surface area contributed by atoms with Crippen LogP contribution in [0.5, 0.6) is 0 Å². The SMILES string of the molecule is CCNC(c1cccc(Br)c1)c1ccc(C)c(F)c1F. The third-order valence-corrected chi connectivity index (χ3v) is 3.70. The average Bonchev–Trinajstić information content (AvgIpc) is 2.43. The molecule has 0 spiro atoms. The molecule has 2 aromatic carbocycles. The molecule has 1 unspecified atom stereocenters. The van der Waals surface area contributed by atoms with Crippen LogP contribution in [0.4, 0.5) is 8.78 Å². The molecule has 20 heavy (non-hydrogen) atoms. The zero-order valence-electron chi connectivity index (χ0n) is 11.4. The highest BCUT2D eigenvalue weighted by molar-refractivity contribution is 9.10. The van der Waals surface area contributed by atoms with Crippen molar-refractivity contribution in [1.82, 2.24) is 5.32 Å². The Bertz CT molecular complexity index is 613. The van der Waals surface area contributed by atoms with Gasteiger partial charge in [-0.1, -0.05) is 47.1 Å². The molecule has 106 valence electrons. The zero-order valence-corrected chi connectivity index (χ0v) is 13.0. The van der Waals surface area contributed by atoms with Crippen LogP contribution < -0.4 is 5.32 Å². The third kappa shape index (κ3) is 3.07. The van der Waals surface area contributed by atoms with Gasteiger partial charge in [0.1, 0.15) is 0 Å². The Morgan fingerprint density at radius 1 is 1.15 bits per heavy atom. The summed E-state index contributed by atoms with van der Waals surface area (Å²) in [6.45, 7) is 4.16. The summed E-state index contributed by atoms with van der Waals surface area (Å²) >= 11 is 3.40. The quantitative estimate of drug-likeness (QED) is 0.848. The van der Waals surface area contributed by atoms with E-state index in [4.69, 9.17) is 0 Å². The number of hydrogen-bond acceptors (Lipinski definition) is 1. The lowest BCUT2D eigenvalue weighted by molar-refractivity contribution is 0.478. The van der Waals surface area contributed by atoms with Gasteiger partial charge in [0.25, 0.3) is 0 Å². The second-order valence-electron chi connectivity index (χ2n) is 4.65. The van der Waals surface area contributed by atoms with E-state index < -0.39 is 11.6 Å². The second-order valence-corrected chi connectivity index (χ2v) is 5.56. The molecule has 0 saturated carbocycles. The summed E-state index contributed by atoms with van der Waals surface area (Å²) in [7, 11) is 0. The summed E-state index contributed by atoms with van der Waals surface area (Å²) in [6.07, 6.45) is 0. The maximum absolute atomic E-state index is 14.2. The van der Waals surface area contributed by atoms with Crippen LogP contribution in [0.1, 0.15) is 29.7 Å². The van der Waals surface area contributed by atoms with Gasteiger partial charge in [-0.25, -0.2) is 8.78 Å². The summed E-state index contributed by atoms with van der Waals surface area (Å²) in [5, 5.41) is 3.20. The highest BCUT2D eigenvalue weighted by atomic mass is 79.9. The highest BCUT2D eigenvalue weighted by Gasteiger charge is 2.20. The van der Waals surface area contributed by atoms with Crippen LogP contribution in [0, 0.1) is 18.6 Å². The molecular weight excluding hydrogens is 324 g/mol. The van der Waals surface area contributed by atoms with Crippen LogP contribution in [0.3, 0.4) is 0 Å². The van der Waals surface area contributed by atoms with Gasteiger partial charge in [-0.3, -0.25) is 0 Å². The van der Waals surface area contributed by atoms with E-state index in [1.807, 2.05) is 31.2 Å². The van der Waals surface area contributed by atoms with Crippen molar-refractivity contribution < 1.29 is 8.78 Å². The lowest BCUT2D eigenvalue weighted by Gasteiger charge is -2.20.